The van der Waals surface area contributed by atoms with Gasteiger partial charge in [0.1, 0.15) is 11.8 Å². The van der Waals surface area contributed by atoms with E-state index < -0.39 is 12.0 Å². The highest BCUT2D eigenvalue weighted by molar-refractivity contribution is 5.95. The Morgan fingerprint density at radius 1 is 1.29 bits per heavy atom. The Bertz CT molecular complexity index is 486. The molecule has 0 aliphatic heterocycles. The number of carboxylic acid groups (broad SMARTS) is 1. The van der Waals surface area contributed by atoms with Crippen LogP contribution in [0.25, 0.3) is 0 Å². The summed E-state index contributed by atoms with van der Waals surface area (Å²) in [5.74, 6) is -0.798. The van der Waals surface area contributed by atoms with E-state index in [9.17, 15) is 14.7 Å². The van der Waals surface area contributed by atoms with Crippen LogP contribution >= 0.6 is 0 Å². The Morgan fingerprint density at radius 3 is 2.43 bits per heavy atom. The molecule has 0 saturated carbocycles. The van der Waals surface area contributed by atoms with Crippen LogP contribution in [0.4, 0.5) is 5.69 Å². The standard InChI is InChI=1S/C15H22N2O4/c1-4-17(5-2)12(15(19)20)10-14(18)16-11-8-6-7-9-13(11)21-3/h6-9,12H,4-5,10H2,1-3H3,(H,16,18)(H,19,20). The van der Waals surface area contributed by atoms with Crippen LogP contribution in [0.2, 0.25) is 0 Å². The van der Waals surface area contributed by atoms with Crippen molar-refractivity contribution >= 4 is 17.6 Å². The van der Waals surface area contributed by atoms with Gasteiger partial charge < -0.3 is 15.2 Å². The van der Waals surface area contributed by atoms with E-state index in [0.717, 1.165) is 0 Å². The number of carbonyl (C=O) groups is 2. The van der Waals surface area contributed by atoms with E-state index in [1.807, 2.05) is 13.8 Å². The molecule has 1 rings (SSSR count). The third-order valence-electron chi connectivity index (χ3n) is 3.30. The molecule has 6 nitrogen and oxygen atoms in total. The van der Waals surface area contributed by atoms with Gasteiger partial charge in [0, 0.05) is 0 Å². The molecule has 0 bridgehead atoms. The average molecular weight is 294 g/mol. The molecule has 0 aliphatic carbocycles. The molecule has 2 N–H and O–H groups in total. The number of likely N-dealkylation sites (N-methyl/N-ethyl adjacent to an activating group) is 1. The molecule has 1 unspecified atom stereocenters. The van der Waals surface area contributed by atoms with Crippen LogP contribution in [-0.4, -0.2) is 48.1 Å². The predicted molar refractivity (Wildman–Crippen MR) is 80.6 cm³/mol. The topological polar surface area (TPSA) is 78.9 Å². The van der Waals surface area contributed by atoms with Gasteiger partial charge in [0.2, 0.25) is 5.91 Å². The summed E-state index contributed by atoms with van der Waals surface area (Å²) in [6.45, 7) is 4.90. The summed E-state index contributed by atoms with van der Waals surface area (Å²) >= 11 is 0. The Balaban J connectivity index is 2.76. The monoisotopic (exact) mass is 294 g/mol. The minimum Gasteiger partial charge on any atom is -0.495 e. The number of benzene rings is 1. The van der Waals surface area contributed by atoms with E-state index >= 15 is 0 Å². The molecule has 0 aromatic heterocycles. The summed E-state index contributed by atoms with van der Waals surface area (Å²) in [7, 11) is 1.51. The molecule has 0 aliphatic rings. The lowest BCUT2D eigenvalue weighted by atomic mass is 10.1. The van der Waals surface area contributed by atoms with E-state index in [1.165, 1.54) is 7.11 Å². The van der Waals surface area contributed by atoms with Crippen molar-refractivity contribution in [1.29, 1.82) is 0 Å². The highest BCUT2D eigenvalue weighted by Gasteiger charge is 2.26. The zero-order valence-electron chi connectivity index (χ0n) is 12.6. The number of nitrogens with one attached hydrogen (secondary N) is 1. The summed E-state index contributed by atoms with van der Waals surface area (Å²) in [4.78, 5) is 25.1. The first-order valence-corrected chi connectivity index (χ1v) is 6.93. The van der Waals surface area contributed by atoms with Crippen LogP contribution in [0, 0.1) is 0 Å². The molecule has 1 aromatic rings. The maximum atomic E-state index is 12.1. The quantitative estimate of drug-likeness (QED) is 0.764. The average Bonchev–Trinajstić information content (AvgIpc) is 2.47. The van der Waals surface area contributed by atoms with Gasteiger partial charge in [0.15, 0.2) is 0 Å². The largest absolute Gasteiger partial charge is 0.495 e. The zero-order chi connectivity index (χ0) is 15.8. The van der Waals surface area contributed by atoms with Crippen LogP contribution < -0.4 is 10.1 Å². The van der Waals surface area contributed by atoms with Crippen molar-refractivity contribution in [3.8, 4) is 5.75 Å². The molecule has 0 spiro atoms. The van der Waals surface area contributed by atoms with Gasteiger partial charge in [-0.05, 0) is 25.2 Å². The number of ether oxygens (including phenoxy) is 1. The van der Waals surface area contributed by atoms with Gasteiger partial charge in [-0.1, -0.05) is 26.0 Å². The molecule has 1 amide bonds. The second kappa shape index (κ2) is 8.26. The fraction of sp³-hybridized carbons (Fsp3) is 0.467. The number of hydrogen-bond donors (Lipinski definition) is 2. The molecule has 1 atom stereocenters. The number of aliphatic carboxylic acids is 1. The molecule has 0 fully saturated rings. The first-order chi connectivity index (χ1) is 10.0. The van der Waals surface area contributed by atoms with Gasteiger partial charge in [0.05, 0.1) is 19.2 Å². The van der Waals surface area contributed by atoms with Crippen molar-refractivity contribution in [2.75, 3.05) is 25.5 Å². The first-order valence-electron chi connectivity index (χ1n) is 6.93. The van der Waals surface area contributed by atoms with Crippen molar-refractivity contribution in [1.82, 2.24) is 4.90 Å². The highest BCUT2D eigenvalue weighted by Crippen LogP contribution is 2.23. The molecule has 6 heteroatoms. The van der Waals surface area contributed by atoms with Crippen LogP contribution in [0.3, 0.4) is 0 Å². The number of para-hydroxylation sites is 2. The summed E-state index contributed by atoms with van der Waals surface area (Å²) in [6, 6.07) is 6.19. The smallest absolute Gasteiger partial charge is 0.321 e. The molecular formula is C15H22N2O4. The molecule has 21 heavy (non-hydrogen) atoms. The first kappa shape index (κ1) is 17.0. The maximum Gasteiger partial charge on any atom is 0.321 e. The Labute approximate surface area is 124 Å². The van der Waals surface area contributed by atoms with Gasteiger partial charge in [0.25, 0.3) is 0 Å². The summed E-state index contributed by atoms with van der Waals surface area (Å²) < 4.78 is 5.15. The van der Waals surface area contributed by atoms with Crippen molar-refractivity contribution in [3.05, 3.63) is 24.3 Å². The summed E-state index contributed by atoms with van der Waals surface area (Å²) in [6.07, 6.45) is -0.102. The third kappa shape index (κ3) is 4.75. The number of carboxylic acids is 1. The van der Waals surface area contributed by atoms with Crippen LogP contribution in [-0.2, 0) is 9.59 Å². The SMILES string of the molecule is CCN(CC)C(CC(=O)Nc1ccccc1OC)C(=O)O. The molecule has 0 saturated heterocycles. The molecule has 0 radical (unpaired) electrons. The van der Waals surface area contributed by atoms with Gasteiger partial charge in [-0.3, -0.25) is 14.5 Å². The fourth-order valence-corrected chi connectivity index (χ4v) is 2.16. The van der Waals surface area contributed by atoms with E-state index in [1.54, 1.807) is 29.2 Å². The number of hydrogen-bond acceptors (Lipinski definition) is 4. The Kier molecular flexibility index (Phi) is 6.68. The van der Waals surface area contributed by atoms with Crippen molar-refractivity contribution in [2.24, 2.45) is 0 Å². The van der Waals surface area contributed by atoms with Crippen LogP contribution in [0.1, 0.15) is 20.3 Å². The van der Waals surface area contributed by atoms with E-state index in [2.05, 4.69) is 5.32 Å². The lowest BCUT2D eigenvalue weighted by molar-refractivity contribution is -0.145. The number of carbonyl (C=O) groups excluding carboxylic acids is 1. The second-order valence-corrected chi connectivity index (χ2v) is 4.53. The minimum absolute atomic E-state index is 0.102. The zero-order valence-corrected chi connectivity index (χ0v) is 12.6. The molecular weight excluding hydrogens is 272 g/mol. The number of anilines is 1. The van der Waals surface area contributed by atoms with Gasteiger partial charge in [-0.2, -0.15) is 0 Å². The van der Waals surface area contributed by atoms with E-state index in [-0.39, 0.29) is 12.3 Å². The number of rotatable bonds is 8. The summed E-state index contributed by atoms with van der Waals surface area (Å²) in [5, 5.41) is 12.0. The van der Waals surface area contributed by atoms with Gasteiger partial charge in [-0.25, -0.2) is 0 Å². The van der Waals surface area contributed by atoms with Gasteiger partial charge in [-0.15, -0.1) is 0 Å². The van der Waals surface area contributed by atoms with Crippen molar-refractivity contribution < 1.29 is 19.4 Å². The lowest BCUT2D eigenvalue weighted by Crippen LogP contribution is -2.43. The molecule has 0 heterocycles. The lowest BCUT2D eigenvalue weighted by Gasteiger charge is -2.25. The maximum absolute atomic E-state index is 12.1. The molecule has 116 valence electrons. The second-order valence-electron chi connectivity index (χ2n) is 4.53. The van der Waals surface area contributed by atoms with Crippen LogP contribution in [0.5, 0.6) is 5.75 Å². The minimum atomic E-state index is -0.992. The van der Waals surface area contributed by atoms with E-state index in [4.69, 9.17) is 4.74 Å². The van der Waals surface area contributed by atoms with Crippen molar-refractivity contribution in [2.45, 2.75) is 26.3 Å². The predicted octanol–water partition coefficient (Wildman–Crippen LogP) is 1.82. The number of nitrogens with zero attached hydrogens (tertiary/aromatic N) is 1. The Hall–Kier alpha value is -2.08. The number of amides is 1. The number of methoxy groups -OCH3 is 1. The van der Waals surface area contributed by atoms with Gasteiger partial charge >= 0.3 is 5.97 Å². The Morgan fingerprint density at radius 2 is 1.90 bits per heavy atom. The van der Waals surface area contributed by atoms with Crippen molar-refractivity contribution in [3.63, 3.8) is 0 Å². The highest BCUT2D eigenvalue weighted by atomic mass is 16.5. The third-order valence-corrected chi connectivity index (χ3v) is 3.30. The van der Waals surface area contributed by atoms with Crippen LogP contribution in [0.15, 0.2) is 24.3 Å². The summed E-state index contributed by atoms with van der Waals surface area (Å²) in [5.41, 5.74) is 0.536. The molecule has 1 aromatic carbocycles. The fourth-order valence-electron chi connectivity index (χ4n) is 2.16. The normalized spacial score (nSPS) is 12.0. The van der Waals surface area contributed by atoms with E-state index in [0.29, 0.717) is 24.5 Å².